The van der Waals surface area contributed by atoms with E-state index in [2.05, 4.69) is 13.8 Å². The summed E-state index contributed by atoms with van der Waals surface area (Å²) in [6.07, 6.45) is 1.18. The van der Waals surface area contributed by atoms with Crippen LogP contribution in [0.25, 0.3) is 0 Å². The predicted octanol–water partition coefficient (Wildman–Crippen LogP) is 2.09. The van der Waals surface area contributed by atoms with Crippen LogP contribution in [0.4, 0.5) is 0 Å². The molecule has 14 heavy (non-hydrogen) atoms. The summed E-state index contributed by atoms with van der Waals surface area (Å²) < 4.78 is 5.17. The summed E-state index contributed by atoms with van der Waals surface area (Å²) in [5.74, 6) is 0.318. The molecule has 0 saturated carbocycles. The fraction of sp³-hybridized carbons (Fsp3) is 0.909. The highest BCUT2D eigenvalue weighted by Crippen LogP contribution is 2.11. The SMILES string of the molecule is CC(C)CC(N)CC(=O)OC(C)(C)C. The number of ether oxygens (including phenoxy) is 1. The molecule has 0 aromatic carbocycles. The van der Waals surface area contributed by atoms with Crippen molar-refractivity contribution >= 4 is 5.97 Å². The molecule has 0 bridgehead atoms. The molecule has 0 aromatic rings. The van der Waals surface area contributed by atoms with Gasteiger partial charge in [0, 0.05) is 6.04 Å². The maximum atomic E-state index is 11.3. The van der Waals surface area contributed by atoms with E-state index in [9.17, 15) is 4.79 Å². The van der Waals surface area contributed by atoms with Gasteiger partial charge < -0.3 is 10.5 Å². The maximum Gasteiger partial charge on any atom is 0.307 e. The van der Waals surface area contributed by atoms with Gasteiger partial charge in [-0.05, 0) is 33.1 Å². The minimum Gasteiger partial charge on any atom is -0.460 e. The van der Waals surface area contributed by atoms with Gasteiger partial charge in [-0.15, -0.1) is 0 Å². The van der Waals surface area contributed by atoms with Crippen molar-refractivity contribution in [3.63, 3.8) is 0 Å². The van der Waals surface area contributed by atoms with Crippen LogP contribution in [-0.2, 0) is 9.53 Å². The molecule has 0 aliphatic heterocycles. The van der Waals surface area contributed by atoms with Crippen molar-refractivity contribution in [2.24, 2.45) is 11.7 Å². The molecule has 1 unspecified atom stereocenters. The minimum absolute atomic E-state index is 0.0788. The second-order valence-corrected chi connectivity index (χ2v) is 5.18. The maximum absolute atomic E-state index is 11.3. The summed E-state index contributed by atoms with van der Waals surface area (Å²) in [5, 5.41) is 0. The Labute approximate surface area is 87.0 Å². The van der Waals surface area contributed by atoms with Crippen LogP contribution in [0.2, 0.25) is 0 Å². The van der Waals surface area contributed by atoms with Crippen LogP contribution in [0.1, 0.15) is 47.5 Å². The molecule has 3 heteroatoms. The van der Waals surface area contributed by atoms with Crippen LogP contribution in [0, 0.1) is 5.92 Å². The number of nitrogens with two attached hydrogens (primary N) is 1. The standard InChI is InChI=1S/C11H23NO2/c1-8(2)6-9(12)7-10(13)14-11(3,4)5/h8-9H,6-7,12H2,1-5H3. The molecule has 0 aromatic heterocycles. The van der Waals surface area contributed by atoms with E-state index in [-0.39, 0.29) is 12.0 Å². The number of hydrogen-bond acceptors (Lipinski definition) is 3. The quantitative estimate of drug-likeness (QED) is 0.709. The molecule has 84 valence electrons. The van der Waals surface area contributed by atoms with Gasteiger partial charge in [0.25, 0.3) is 0 Å². The predicted molar refractivity (Wildman–Crippen MR) is 57.9 cm³/mol. The van der Waals surface area contributed by atoms with Gasteiger partial charge in [-0.1, -0.05) is 13.8 Å². The Morgan fingerprint density at radius 1 is 1.36 bits per heavy atom. The van der Waals surface area contributed by atoms with Crippen molar-refractivity contribution in [1.82, 2.24) is 0 Å². The van der Waals surface area contributed by atoms with Crippen LogP contribution < -0.4 is 5.73 Å². The zero-order valence-corrected chi connectivity index (χ0v) is 9.96. The lowest BCUT2D eigenvalue weighted by atomic mass is 10.0. The molecule has 0 heterocycles. The lowest BCUT2D eigenvalue weighted by molar-refractivity contribution is -0.155. The highest BCUT2D eigenvalue weighted by Gasteiger charge is 2.18. The third kappa shape index (κ3) is 8.05. The molecule has 0 radical (unpaired) electrons. The average Bonchev–Trinajstić information content (AvgIpc) is 1.77. The molecular weight excluding hydrogens is 178 g/mol. The number of hydrogen-bond donors (Lipinski definition) is 1. The first-order valence-electron chi connectivity index (χ1n) is 5.18. The Morgan fingerprint density at radius 3 is 2.21 bits per heavy atom. The monoisotopic (exact) mass is 201 g/mol. The van der Waals surface area contributed by atoms with Gasteiger partial charge in [0.2, 0.25) is 0 Å². The molecule has 2 N–H and O–H groups in total. The highest BCUT2D eigenvalue weighted by molar-refractivity contribution is 5.70. The van der Waals surface area contributed by atoms with Crippen LogP contribution in [0.5, 0.6) is 0 Å². The van der Waals surface area contributed by atoms with E-state index in [0.717, 1.165) is 6.42 Å². The number of esters is 1. The topological polar surface area (TPSA) is 52.3 Å². The van der Waals surface area contributed by atoms with Crippen LogP contribution in [0.3, 0.4) is 0 Å². The van der Waals surface area contributed by atoms with Gasteiger partial charge in [0.1, 0.15) is 5.60 Å². The average molecular weight is 201 g/mol. The van der Waals surface area contributed by atoms with Gasteiger partial charge in [-0.2, -0.15) is 0 Å². The first kappa shape index (κ1) is 13.4. The Kier molecular flexibility index (Phi) is 5.13. The Balaban J connectivity index is 3.83. The molecular formula is C11H23NO2. The van der Waals surface area contributed by atoms with Gasteiger partial charge in [-0.3, -0.25) is 4.79 Å². The van der Waals surface area contributed by atoms with E-state index in [1.807, 2.05) is 20.8 Å². The Bertz CT molecular complexity index is 182. The number of rotatable bonds is 4. The Morgan fingerprint density at radius 2 is 1.86 bits per heavy atom. The lowest BCUT2D eigenvalue weighted by Gasteiger charge is -2.21. The van der Waals surface area contributed by atoms with E-state index in [0.29, 0.717) is 12.3 Å². The van der Waals surface area contributed by atoms with Gasteiger partial charge >= 0.3 is 5.97 Å². The molecule has 0 aliphatic rings. The number of carbonyl (C=O) groups excluding carboxylic acids is 1. The minimum atomic E-state index is -0.408. The summed E-state index contributed by atoms with van der Waals surface area (Å²) in [6, 6.07) is -0.0788. The summed E-state index contributed by atoms with van der Waals surface area (Å²) in [7, 11) is 0. The van der Waals surface area contributed by atoms with E-state index in [1.165, 1.54) is 0 Å². The van der Waals surface area contributed by atoms with Crippen molar-refractivity contribution in [2.75, 3.05) is 0 Å². The van der Waals surface area contributed by atoms with Crippen molar-refractivity contribution in [1.29, 1.82) is 0 Å². The van der Waals surface area contributed by atoms with Crippen LogP contribution in [-0.4, -0.2) is 17.6 Å². The molecule has 0 spiro atoms. The third-order valence-corrected chi connectivity index (χ3v) is 1.62. The zero-order valence-electron chi connectivity index (χ0n) is 9.96. The number of carbonyl (C=O) groups is 1. The van der Waals surface area contributed by atoms with E-state index >= 15 is 0 Å². The fourth-order valence-electron chi connectivity index (χ4n) is 1.29. The van der Waals surface area contributed by atoms with Gasteiger partial charge in [0.05, 0.1) is 6.42 Å². The van der Waals surface area contributed by atoms with E-state index in [1.54, 1.807) is 0 Å². The smallest absolute Gasteiger partial charge is 0.307 e. The molecule has 0 aliphatic carbocycles. The van der Waals surface area contributed by atoms with E-state index in [4.69, 9.17) is 10.5 Å². The highest BCUT2D eigenvalue weighted by atomic mass is 16.6. The molecule has 0 rings (SSSR count). The van der Waals surface area contributed by atoms with Crippen molar-refractivity contribution in [3.05, 3.63) is 0 Å². The van der Waals surface area contributed by atoms with Gasteiger partial charge in [-0.25, -0.2) is 0 Å². The zero-order chi connectivity index (χ0) is 11.4. The molecule has 0 amide bonds. The third-order valence-electron chi connectivity index (χ3n) is 1.62. The molecule has 0 saturated heterocycles. The normalized spacial score (nSPS) is 14.2. The van der Waals surface area contributed by atoms with Crippen molar-refractivity contribution in [2.45, 2.75) is 59.1 Å². The summed E-state index contributed by atoms with van der Waals surface area (Å²) >= 11 is 0. The molecule has 1 atom stereocenters. The second-order valence-electron chi connectivity index (χ2n) is 5.18. The molecule has 0 fully saturated rings. The summed E-state index contributed by atoms with van der Waals surface area (Å²) in [5.41, 5.74) is 5.39. The summed E-state index contributed by atoms with van der Waals surface area (Å²) in [6.45, 7) is 9.76. The van der Waals surface area contributed by atoms with Crippen LogP contribution >= 0.6 is 0 Å². The first-order valence-corrected chi connectivity index (χ1v) is 5.18. The first-order chi connectivity index (χ1) is 6.20. The van der Waals surface area contributed by atoms with E-state index < -0.39 is 5.60 Å². The van der Waals surface area contributed by atoms with Crippen molar-refractivity contribution < 1.29 is 9.53 Å². The molecule has 3 nitrogen and oxygen atoms in total. The largest absolute Gasteiger partial charge is 0.460 e. The van der Waals surface area contributed by atoms with Crippen LogP contribution in [0.15, 0.2) is 0 Å². The van der Waals surface area contributed by atoms with Gasteiger partial charge in [0.15, 0.2) is 0 Å². The second kappa shape index (κ2) is 5.35. The fourth-order valence-corrected chi connectivity index (χ4v) is 1.29. The lowest BCUT2D eigenvalue weighted by Crippen LogP contribution is -2.30. The van der Waals surface area contributed by atoms with Crippen molar-refractivity contribution in [3.8, 4) is 0 Å². The Hall–Kier alpha value is -0.570. The summed E-state index contributed by atoms with van der Waals surface area (Å²) in [4.78, 5) is 11.3.